The van der Waals surface area contributed by atoms with Crippen molar-refractivity contribution >= 4 is 27.5 Å². The van der Waals surface area contributed by atoms with Gasteiger partial charge in [-0.05, 0) is 54.9 Å². The molecule has 1 aromatic carbocycles. The lowest BCUT2D eigenvalue weighted by atomic mass is 10.1. The summed E-state index contributed by atoms with van der Waals surface area (Å²) in [6, 6.07) is 5.78. The van der Waals surface area contributed by atoms with Gasteiger partial charge in [0.05, 0.1) is 5.02 Å². The van der Waals surface area contributed by atoms with E-state index in [1.54, 1.807) is 6.33 Å². The molecule has 0 aliphatic rings. The number of nitrogens with zero attached hydrogens (tertiary/aromatic N) is 3. The van der Waals surface area contributed by atoms with Crippen molar-refractivity contribution in [2.24, 2.45) is 0 Å². The maximum Gasteiger partial charge on any atom is 0.164 e. The predicted octanol–water partition coefficient (Wildman–Crippen LogP) is 4.12. The zero-order chi connectivity index (χ0) is 12.6. The number of aromatic nitrogens is 3. The third-order valence-electron chi connectivity index (χ3n) is 2.45. The van der Waals surface area contributed by atoms with Gasteiger partial charge in [-0.2, -0.15) is 0 Å². The molecule has 90 valence electrons. The maximum atomic E-state index is 6.09. The Morgan fingerprint density at radius 2 is 2.00 bits per heavy atom. The molecular weight excluding hydrogens is 302 g/mol. The highest BCUT2D eigenvalue weighted by Crippen LogP contribution is 2.29. The fourth-order valence-electron chi connectivity index (χ4n) is 1.56. The van der Waals surface area contributed by atoms with Crippen LogP contribution in [0.1, 0.15) is 20.8 Å². The normalized spacial score (nSPS) is 11.8. The van der Waals surface area contributed by atoms with Crippen molar-refractivity contribution in [1.82, 2.24) is 14.8 Å². The average Bonchev–Trinajstić information content (AvgIpc) is 2.70. The summed E-state index contributed by atoms with van der Waals surface area (Å²) >= 11 is 9.47. The molecule has 0 N–H and O–H groups in total. The van der Waals surface area contributed by atoms with Gasteiger partial charge in [-0.15, -0.1) is 10.2 Å². The van der Waals surface area contributed by atoms with Gasteiger partial charge >= 0.3 is 0 Å². The van der Waals surface area contributed by atoms with Gasteiger partial charge in [0, 0.05) is 15.6 Å². The molecule has 0 fully saturated rings. The second-order valence-corrected chi connectivity index (χ2v) is 6.09. The lowest BCUT2D eigenvalue weighted by Crippen LogP contribution is -2.21. The van der Waals surface area contributed by atoms with E-state index in [1.165, 1.54) is 0 Å². The van der Waals surface area contributed by atoms with E-state index in [1.807, 2.05) is 22.8 Å². The molecule has 0 saturated carbocycles. The summed E-state index contributed by atoms with van der Waals surface area (Å²) in [6.45, 7) is 6.33. The van der Waals surface area contributed by atoms with E-state index < -0.39 is 0 Å². The summed E-state index contributed by atoms with van der Waals surface area (Å²) in [5, 5.41) is 8.81. The number of hydrogen-bond acceptors (Lipinski definition) is 2. The van der Waals surface area contributed by atoms with Crippen molar-refractivity contribution in [2.75, 3.05) is 0 Å². The van der Waals surface area contributed by atoms with Crippen LogP contribution in [0.25, 0.3) is 11.4 Å². The van der Waals surface area contributed by atoms with Gasteiger partial charge < -0.3 is 4.57 Å². The number of rotatable bonds is 1. The summed E-state index contributed by atoms with van der Waals surface area (Å²) in [6.07, 6.45) is 1.74. The fourth-order valence-corrected chi connectivity index (χ4v) is 1.99. The van der Waals surface area contributed by atoms with Crippen molar-refractivity contribution in [3.05, 3.63) is 34.0 Å². The van der Waals surface area contributed by atoms with E-state index in [9.17, 15) is 0 Å². The molecule has 17 heavy (non-hydrogen) atoms. The van der Waals surface area contributed by atoms with Crippen LogP contribution in [0.3, 0.4) is 0 Å². The zero-order valence-corrected chi connectivity index (χ0v) is 12.2. The van der Waals surface area contributed by atoms with E-state index in [2.05, 4.69) is 46.9 Å². The molecule has 2 aromatic rings. The van der Waals surface area contributed by atoms with Crippen LogP contribution in [0.2, 0.25) is 5.02 Å². The monoisotopic (exact) mass is 313 g/mol. The van der Waals surface area contributed by atoms with Gasteiger partial charge in [0.25, 0.3) is 0 Å². The van der Waals surface area contributed by atoms with Crippen LogP contribution >= 0.6 is 27.5 Å². The molecule has 1 aromatic heterocycles. The van der Waals surface area contributed by atoms with E-state index in [-0.39, 0.29) is 5.54 Å². The van der Waals surface area contributed by atoms with Crippen molar-refractivity contribution in [1.29, 1.82) is 0 Å². The lowest BCUT2D eigenvalue weighted by molar-refractivity contribution is 0.400. The van der Waals surface area contributed by atoms with E-state index in [4.69, 9.17) is 11.6 Å². The Kier molecular flexibility index (Phi) is 3.27. The van der Waals surface area contributed by atoms with Gasteiger partial charge in [-0.25, -0.2) is 0 Å². The molecule has 0 amide bonds. The average molecular weight is 315 g/mol. The van der Waals surface area contributed by atoms with Crippen molar-refractivity contribution in [2.45, 2.75) is 26.3 Å². The van der Waals surface area contributed by atoms with Crippen LogP contribution in [0, 0.1) is 0 Å². The fraction of sp³-hybridized carbons (Fsp3) is 0.333. The van der Waals surface area contributed by atoms with E-state index >= 15 is 0 Å². The molecule has 0 atom stereocenters. The van der Waals surface area contributed by atoms with Crippen LogP contribution in [-0.4, -0.2) is 14.8 Å². The predicted molar refractivity (Wildman–Crippen MR) is 73.2 cm³/mol. The lowest BCUT2D eigenvalue weighted by Gasteiger charge is -2.22. The quantitative estimate of drug-likeness (QED) is 0.793. The minimum absolute atomic E-state index is 0.0572. The molecule has 0 spiro atoms. The topological polar surface area (TPSA) is 30.7 Å². The smallest absolute Gasteiger partial charge is 0.164 e. The Hall–Kier alpha value is -0.870. The zero-order valence-electron chi connectivity index (χ0n) is 9.91. The highest BCUT2D eigenvalue weighted by Gasteiger charge is 2.19. The summed E-state index contributed by atoms with van der Waals surface area (Å²) < 4.78 is 2.91. The molecule has 5 heteroatoms. The highest BCUT2D eigenvalue weighted by atomic mass is 79.9. The second kappa shape index (κ2) is 4.42. The molecule has 0 aliphatic heterocycles. The largest absolute Gasteiger partial charge is 0.308 e. The van der Waals surface area contributed by atoms with E-state index in [0.29, 0.717) is 5.02 Å². The first kappa shape index (κ1) is 12.6. The van der Waals surface area contributed by atoms with Crippen molar-refractivity contribution in [3.8, 4) is 11.4 Å². The molecule has 0 saturated heterocycles. The Balaban J connectivity index is 2.54. The maximum absolute atomic E-state index is 6.09. The minimum Gasteiger partial charge on any atom is -0.308 e. The molecule has 0 radical (unpaired) electrons. The van der Waals surface area contributed by atoms with Gasteiger partial charge in [0.1, 0.15) is 6.33 Å². The Labute approximate surface area is 114 Å². The van der Waals surface area contributed by atoms with Crippen LogP contribution in [0.15, 0.2) is 29.0 Å². The van der Waals surface area contributed by atoms with Gasteiger partial charge in [-0.3, -0.25) is 0 Å². The number of benzene rings is 1. The molecular formula is C12H13BrClN3. The Morgan fingerprint density at radius 3 is 2.59 bits per heavy atom. The molecule has 1 heterocycles. The molecule has 3 nitrogen and oxygen atoms in total. The SMILES string of the molecule is CC(C)(C)n1cnnc1-c1ccc(Br)c(Cl)c1. The summed E-state index contributed by atoms with van der Waals surface area (Å²) in [5.41, 5.74) is 0.906. The molecule has 0 unspecified atom stereocenters. The standard InChI is InChI=1S/C12H13BrClN3/c1-12(2,3)17-7-15-16-11(17)8-4-5-9(13)10(14)6-8/h4-7H,1-3H3. The third kappa shape index (κ3) is 2.53. The van der Waals surface area contributed by atoms with Crippen molar-refractivity contribution < 1.29 is 0 Å². The molecule has 0 aliphatic carbocycles. The number of hydrogen-bond donors (Lipinski definition) is 0. The highest BCUT2D eigenvalue weighted by molar-refractivity contribution is 9.10. The van der Waals surface area contributed by atoms with Crippen molar-refractivity contribution in [3.63, 3.8) is 0 Å². The van der Waals surface area contributed by atoms with Gasteiger partial charge in [0.15, 0.2) is 5.82 Å². The van der Waals surface area contributed by atoms with Crippen LogP contribution in [0.5, 0.6) is 0 Å². The first-order valence-electron chi connectivity index (χ1n) is 5.25. The Bertz CT molecular complexity index is 543. The van der Waals surface area contributed by atoms with E-state index in [0.717, 1.165) is 15.9 Å². The second-order valence-electron chi connectivity index (χ2n) is 4.82. The van der Waals surface area contributed by atoms with Crippen LogP contribution in [-0.2, 0) is 5.54 Å². The summed E-state index contributed by atoms with van der Waals surface area (Å²) in [4.78, 5) is 0. The van der Waals surface area contributed by atoms with Crippen LogP contribution < -0.4 is 0 Å². The van der Waals surface area contributed by atoms with Gasteiger partial charge in [0.2, 0.25) is 0 Å². The third-order valence-corrected chi connectivity index (χ3v) is 3.68. The number of halogens is 2. The Morgan fingerprint density at radius 1 is 1.29 bits per heavy atom. The minimum atomic E-state index is -0.0572. The molecule has 2 rings (SSSR count). The summed E-state index contributed by atoms with van der Waals surface area (Å²) in [5.74, 6) is 0.826. The summed E-state index contributed by atoms with van der Waals surface area (Å²) in [7, 11) is 0. The molecule has 0 bridgehead atoms. The first-order chi connectivity index (χ1) is 7.89. The first-order valence-corrected chi connectivity index (χ1v) is 6.42. The van der Waals surface area contributed by atoms with Crippen LogP contribution in [0.4, 0.5) is 0 Å². The van der Waals surface area contributed by atoms with Gasteiger partial charge in [-0.1, -0.05) is 11.6 Å².